The standard InChI is InChI=1S/C10H12N2O2/c1-2-7-12-8-6-11-9(12)4-3-5-10(13)14/h6,8H,2,4,7H2,1H3,(H,13,14). The molecule has 1 aromatic heterocycles. The Kier molecular flexibility index (Phi) is 3.74. The number of carbonyl (C=O) groups is 1. The van der Waals surface area contributed by atoms with E-state index in [0.717, 1.165) is 18.8 Å². The number of imidazole rings is 1. The quantitative estimate of drug-likeness (QED) is 0.724. The van der Waals surface area contributed by atoms with E-state index in [1.807, 2.05) is 10.8 Å². The summed E-state index contributed by atoms with van der Waals surface area (Å²) in [5.41, 5.74) is 0. The molecule has 1 rings (SSSR count). The highest BCUT2D eigenvalue weighted by molar-refractivity contribution is 5.86. The Bertz CT molecular complexity index is 371. The Morgan fingerprint density at radius 1 is 1.71 bits per heavy atom. The van der Waals surface area contributed by atoms with Crippen LogP contribution in [-0.4, -0.2) is 20.6 Å². The summed E-state index contributed by atoms with van der Waals surface area (Å²) in [6.07, 6.45) is 4.99. The van der Waals surface area contributed by atoms with Crippen molar-refractivity contribution in [3.05, 3.63) is 18.2 Å². The lowest BCUT2D eigenvalue weighted by Crippen LogP contribution is -2.01. The van der Waals surface area contributed by atoms with Crippen molar-refractivity contribution in [3.8, 4) is 11.8 Å². The van der Waals surface area contributed by atoms with Gasteiger partial charge in [-0.2, -0.15) is 0 Å². The molecule has 0 radical (unpaired) electrons. The second-order valence-electron chi connectivity index (χ2n) is 2.82. The summed E-state index contributed by atoms with van der Waals surface area (Å²) in [5.74, 6) is 4.34. The first-order chi connectivity index (χ1) is 6.74. The van der Waals surface area contributed by atoms with E-state index in [1.54, 1.807) is 6.20 Å². The van der Waals surface area contributed by atoms with E-state index in [0.29, 0.717) is 6.42 Å². The van der Waals surface area contributed by atoms with Crippen LogP contribution < -0.4 is 0 Å². The van der Waals surface area contributed by atoms with Gasteiger partial charge in [-0.05, 0) is 6.42 Å². The van der Waals surface area contributed by atoms with Gasteiger partial charge in [0.25, 0.3) is 0 Å². The van der Waals surface area contributed by atoms with Crippen molar-refractivity contribution in [1.29, 1.82) is 0 Å². The molecule has 1 heterocycles. The highest BCUT2D eigenvalue weighted by Gasteiger charge is 1.98. The minimum atomic E-state index is -1.10. The van der Waals surface area contributed by atoms with Gasteiger partial charge in [-0.15, -0.1) is 0 Å². The van der Waals surface area contributed by atoms with Gasteiger partial charge in [-0.3, -0.25) is 0 Å². The minimum absolute atomic E-state index is 0.388. The van der Waals surface area contributed by atoms with Crippen LogP contribution in [0.3, 0.4) is 0 Å². The summed E-state index contributed by atoms with van der Waals surface area (Å²) in [4.78, 5) is 14.2. The molecule has 0 atom stereocenters. The molecule has 0 aliphatic heterocycles. The van der Waals surface area contributed by atoms with Gasteiger partial charge < -0.3 is 9.67 Å². The highest BCUT2D eigenvalue weighted by Crippen LogP contribution is 1.99. The van der Waals surface area contributed by atoms with Gasteiger partial charge in [-0.25, -0.2) is 9.78 Å². The average Bonchev–Trinajstić information content (AvgIpc) is 2.53. The molecule has 0 aromatic carbocycles. The van der Waals surface area contributed by atoms with Crippen LogP contribution in [0.5, 0.6) is 0 Å². The Hall–Kier alpha value is -1.76. The Labute approximate surface area is 82.6 Å². The third-order valence-corrected chi connectivity index (χ3v) is 1.71. The van der Waals surface area contributed by atoms with Crippen molar-refractivity contribution in [2.24, 2.45) is 0 Å². The predicted octanol–water partition coefficient (Wildman–Crippen LogP) is 0.924. The van der Waals surface area contributed by atoms with E-state index in [9.17, 15) is 4.79 Å². The van der Waals surface area contributed by atoms with Crippen molar-refractivity contribution >= 4 is 5.97 Å². The second kappa shape index (κ2) is 5.07. The number of nitrogens with zero attached hydrogens (tertiary/aromatic N) is 2. The van der Waals surface area contributed by atoms with Crippen LogP contribution in [0.2, 0.25) is 0 Å². The van der Waals surface area contributed by atoms with Crippen LogP contribution >= 0.6 is 0 Å². The monoisotopic (exact) mass is 192 g/mol. The van der Waals surface area contributed by atoms with Crippen LogP contribution in [0.25, 0.3) is 0 Å². The Balaban J connectivity index is 2.63. The SMILES string of the molecule is CCCn1ccnc1CC#CC(=O)O. The Morgan fingerprint density at radius 3 is 3.14 bits per heavy atom. The topological polar surface area (TPSA) is 55.1 Å². The van der Waals surface area contributed by atoms with E-state index in [1.165, 1.54) is 0 Å². The molecule has 1 N–H and O–H groups in total. The normalized spacial score (nSPS) is 9.21. The minimum Gasteiger partial charge on any atom is -0.472 e. The maximum Gasteiger partial charge on any atom is 0.381 e. The fraction of sp³-hybridized carbons (Fsp3) is 0.400. The predicted molar refractivity (Wildman–Crippen MR) is 51.6 cm³/mol. The molecule has 0 bridgehead atoms. The van der Waals surface area contributed by atoms with Gasteiger partial charge in [0.05, 0.1) is 6.42 Å². The lowest BCUT2D eigenvalue weighted by Gasteiger charge is -2.01. The first-order valence-corrected chi connectivity index (χ1v) is 4.46. The summed E-state index contributed by atoms with van der Waals surface area (Å²) in [6.45, 7) is 2.97. The molecule has 0 unspecified atom stereocenters. The van der Waals surface area contributed by atoms with E-state index < -0.39 is 5.97 Å². The molecule has 14 heavy (non-hydrogen) atoms. The van der Waals surface area contributed by atoms with Crippen molar-refractivity contribution in [3.63, 3.8) is 0 Å². The molecule has 0 saturated carbocycles. The van der Waals surface area contributed by atoms with Crippen LogP contribution in [0.15, 0.2) is 12.4 Å². The van der Waals surface area contributed by atoms with E-state index in [2.05, 4.69) is 23.7 Å². The van der Waals surface area contributed by atoms with Crippen LogP contribution in [0.1, 0.15) is 19.2 Å². The summed E-state index contributed by atoms with van der Waals surface area (Å²) < 4.78 is 1.98. The van der Waals surface area contributed by atoms with Crippen LogP contribution in [-0.2, 0) is 17.8 Å². The number of rotatable bonds is 3. The largest absolute Gasteiger partial charge is 0.472 e. The van der Waals surface area contributed by atoms with Crippen molar-refractivity contribution in [2.75, 3.05) is 0 Å². The number of carboxylic acids is 1. The second-order valence-corrected chi connectivity index (χ2v) is 2.82. The van der Waals surface area contributed by atoms with Crippen molar-refractivity contribution in [2.45, 2.75) is 26.3 Å². The lowest BCUT2D eigenvalue weighted by molar-refractivity contribution is -0.130. The third-order valence-electron chi connectivity index (χ3n) is 1.71. The number of aryl methyl sites for hydroxylation is 1. The van der Waals surface area contributed by atoms with Gasteiger partial charge >= 0.3 is 5.97 Å². The summed E-state index contributed by atoms with van der Waals surface area (Å²) >= 11 is 0. The molecule has 0 aliphatic carbocycles. The van der Waals surface area contributed by atoms with Gasteiger partial charge in [0.2, 0.25) is 0 Å². The van der Waals surface area contributed by atoms with E-state index in [4.69, 9.17) is 5.11 Å². The summed E-state index contributed by atoms with van der Waals surface area (Å²) in [7, 11) is 0. The van der Waals surface area contributed by atoms with Crippen molar-refractivity contribution < 1.29 is 9.90 Å². The maximum atomic E-state index is 10.1. The molecule has 4 heteroatoms. The number of aliphatic carboxylic acids is 1. The zero-order valence-corrected chi connectivity index (χ0v) is 8.03. The third kappa shape index (κ3) is 2.94. The molecule has 0 amide bonds. The van der Waals surface area contributed by atoms with Crippen LogP contribution in [0.4, 0.5) is 0 Å². The number of hydrogen-bond acceptors (Lipinski definition) is 2. The van der Waals surface area contributed by atoms with Crippen LogP contribution in [0, 0.1) is 11.8 Å². The zero-order chi connectivity index (χ0) is 10.4. The number of hydrogen-bond donors (Lipinski definition) is 1. The Morgan fingerprint density at radius 2 is 2.50 bits per heavy atom. The smallest absolute Gasteiger partial charge is 0.381 e. The molecule has 74 valence electrons. The molecule has 0 spiro atoms. The van der Waals surface area contributed by atoms with Crippen molar-refractivity contribution in [1.82, 2.24) is 9.55 Å². The molecule has 1 aromatic rings. The lowest BCUT2D eigenvalue weighted by atomic mass is 10.4. The van der Waals surface area contributed by atoms with Gasteiger partial charge in [-0.1, -0.05) is 12.8 Å². The summed E-state index contributed by atoms with van der Waals surface area (Å²) in [6, 6.07) is 0. The van der Waals surface area contributed by atoms with Gasteiger partial charge in [0.1, 0.15) is 5.82 Å². The van der Waals surface area contributed by atoms with E-state index in [-0.39, 0.29) is 0 Å². The molecular formula is C10H12N2O2. The molecule has 0 fully saturated rings. The average molecular weight is 192 g/mol. The van der Waals surface area contributed by atoms with E-state index >= 15 is 0 Å². The summed E-state index contributed by atoms with van der Waals surface area (Å²) in [5, 5.41) is 8.31. The molecule has 4 nitrogen and oxygen atoms in total. The zero-order valence-electron chi connectivity index (χ0n) is 8.03. The fourth-order valence-electron chi connectivity index (χ4n) is 1.15. The first kappa shape index (κ1) is 10.3. The fourth-order valence-corrected chi connectivity index (χ4v) is 1.15. The van der Waals surface area contributed by atoms with Gasteiger partial charge in [0.15, 0.2) is 0 Å². The number of carboxylic acid groups (broad SMARTS) is 1. The highest BCUT2D eigenvalue weighted by atomic mass is 16.4. The van der Waals surface area contributed by atoms with Gasteiger partial charge in [0, 0.05) is 24.9 Å². The number of aromatic nitrogens is 2. The maximum absolute atomic E-state index is 10.1. The molecule has 0 saturated heterocycles. The first-order valence-electron chi connectivity index (χ1n) is 4.46. The molecule has 0 aliphatic rings. The molecular weight excluding hydrogens is 180 g/mol.